The zero-order chi connectivity index (χ0) is 11.4. The van der Waals surface area contributed by atoms with Crippen LogP contribution in [-0.4, -0.2) is 18.1 Å². The maximum absolute atomic E-state index is 11.3. The molecule has 3 nitrogen and oxygen atoms in total. The number of allylic oxidation sites excluding steroid dienone is 1. The standard InChI is InChI=1S/C13H19NO2/c1-11(15)14-13(7-9-16-10-8-13)12-5-3-2-4-6-12/h3,5,7,9,12H,2,4,6,8,10H2,1H3,(H,14,15)/t12-,13+/m0/s1. The molecule has 0 bridgehead atoms. The van der Waals surface area contributed by atoms with E-state index in [2.05, 4.69) is 17.5 Å². The van der Waals surface area contributed by atoms with Crippen LogP contribution in [0.3, 0.4) is 0 Å². The fraction of sp³-hybridized carbons (Fsp3) is 0.615. The first-order valence-electron chi connectivity index (χ1n) is 5.98. The number of rotatable bonds is 2. The molecule has 0 aromatic carbocycles. The zero-order valence-electron chi connectivity index (χ0n) is 9.74. The maximum atomic E-state index is 11.3. The predicted molar refractivity (Wildman–Crippen MR) is 62.7 cm³/mol. The Labute approximate surface area is 96.6 Å². The second-order valence-corrected chi connectivity index (χ2v) is 4.61. The van der Waals surface area contributed by atoms with E-state index in [9.17, 15) is 4.79 Å². The Balaban J connectivity index is 2.21. The Bertz CT molecular complexity index is 322. The summed E-state index contributed by atoms with van der Waals surface area (Å²) in [4.78, 5) is 11.3. The molecule has 0 saturated heterocycles. The molecule has 0 unspecified atom stereocenters. The summed E-state index contributed by atoms with van der Waals surface area (Å²) in [6.45, 7) is 2.26. The van der Waals surface area contributed by atoms with Crippen LogP contribution in [0.2, 0.25) is 0 Å². The molecule has 1 N–H and O–H groups in total. The highest BCUT2D eigenvalue weighted by atomic mass is 16.5. The van der Waals surface area contributed by atoms with Crippen molar-refractivity contribution in [3.63, 3.8) is 0 Å². The monoisotopic (exact) mass is 221 g/mol. The summed E-state index contributed by atoms with van der Waals surface area (Å²) in [7, 11) is 0. The summed E-state index contributed by atoms with van der Waals surface area (Å²) in [5, 5.41) is 3.11. The van der Waals surface area contributed by atoms with Crippen LogP contribution in [0.1, 0.15) is 32.6 Å². The molecule has 16 heavy (non-hydrogen) atoms. The third kappa shape index (κ3) is 2.29. The average Bonchev–Trinajstić information content (AvgIpc) is 2.30. The van der Waals surface area contributed by atoms with Gasteiger partial charge < -0.3 is 10.1 Å². The van der Waals surface area contributed by atoms with Crippen molar-refractivity contribution >= 4 is 5.91 Å². The van der Waals surface area contributed by atoms with E-state index in [4.69, 9.17) is 4.74 Å². The van der Waals surface area contributed by atoms with Crippen molar-refractivity contribution in [1.29, 1.82) is 0 Å². The Kier molecular flexibility index (Phi) is 3.32. The van der Waals surface area contributed by atoms with E-state index in [1.54, 1.807) is 13.2 Å². The van der Waals surface area contributed by atoms with Gasteiger partial charge >= 0.3 is 0 Å². The predicted octanol–water partition coefficient (Wildman–Crippen LogP) is 2.15. The molecule has 2 rings (SSSR count). The highest BCUT2D eigenvalue weighted by molar-refractivity contribution is 5.74. The van der Waals surface area contributed by atoms with Crippen LogP contribution in [0.5, 0.6) is 0 Å². The summed E-state index contributed by atoms with van der Waals surface area (Å²) in [6, 6.07) is 0. The molecule has 0 fully saturated rings. The topological polar surface area (TPSA) is 38.3 Å². The van der Waals surface area contributed by atoms with Gasteiger partial charge in [-0.1, -0.05) is 12.2 Å². The number of nitrogens with one attached hydrogen (secondary N) is 1. The molecule has 1 aliphatic heterocycles. The summed E-state index contributed by atoms with van der Waals surface area (Å²) >= 11 is 0. The highest BCUT2D eigenvalue weighted by Crippen LogP contribution is 2.33. The van der Waals surface area contributed by atoms with Crippen LogP contribution in [0.25, 0.3) is 0 Å². The van der Waals surface area contributed by atoms with Gasteiger partial charge in [0.05, 0.1) is 18.4 Å². The number of amides is 1. The highest BCUT2D eigenvalue weighted by Gasteiger charge is 2.37. The normalized spacial score (nSPS) is 33.2. The van der Waals surface area contributed by atoms with Crippen molar-refractivity contribution in [2.24, 2.45) is 5.92 Å². The van der Waals surface area contributed by atoms with E-state index in [1.165, 1.54) is 6.42 Å². The van der Waals surface area contributed by atoms with Gasteiger partial charge in [-0.3, -0.25) is 4.79 Å². The van der Waals surface area contributed by atoms with Crippen molar-refractivity contribution < 1.29 is 9.53 Å². The first-order chi connectivity index (χ1) is 7.73. The number of hydrogen-bond donors (Lipinski definition) is 1. The van der Waals surface area contributed by atoms with E-state index in [0.29, 0.717) is 12.5 Å². The fourth-order valence-corrected chi connectivity index (χ4v) is 2.62. The van der Waals surface area contributed by atoms with E-state index >= 15 is 0 Å². The molecule has 0 saturated carbocycles. The zero-order valence-corrected chi connectivity index (χ0v) is 9.74. The third-order valence-corrected chi connectivity index (χ3v) is 3.42. The van der Waals surface area contributed by atoms with Gasteiger partial charge in [-0.2, -0.15) is 0 Å². The lowest BCUT2D eigenvalue weighted by Gasteiger charge is -2.40. The lowest BCUT2D eigenvalue weighted by Crippen LogP contribution is -2.53. The van der Waals surface area contributed by atoms with Crippen LogP contribution < -0.4 is 5.32 Å². The van der Waals surface area contributed by atoms with Crippen molar-refractivity contribution in [2.75, 3.05) is 6.61 Å². The second kappa shape index (κ2) is 4.73. The van der Waals surface area contributed by atoms with Gasteiger partial charge in [0.15, 0.2) is 0 Å². The number of carbonyl (C=O) groups excluding carboxylic acids is 1. The Morgan fingerprint density at radius 2 is 2.44 bits per heavy atom. The number of hydrogen-bond acceptors (Lipinski definition) is 2. The van der Waals surface area contributed by atoms with Crippen molar-refractivity contribution in [2.45, 2.75) is 38.1 Å². The summed E-state index contributed by atoms with van der Waals surface area (Å²) in [5.41, 5.74) is -0.221. The van der Waals surface area contributed by atoms with Crippen molar-refractivity contribution in [1.82, 2.24) is 5.32 Å². The van der Waals surface area contributed by atoms with Gasteiger partial charge in [-0.25, -0.2) is 0 Å². The molecule has 1 heterocycles. The van der Waals surface area contributed by atoms with Gasteiger partial charge in [0.1, 0.15) is 0 Å². The van der Waals surface area contributed by atoms with E-state index < -0.39 is 0 Å². The van der Waals surface area contributed by atoms with Gasteiger partial charge in [-0.05, 0) is 25.3 Å². The number of ether oxygens (including phenoxy) is 1. The second-order valence-electron chi connectivity index (χ2n) is 4.61. The fourth-order valence-electron chi connectivity index (χ4n) is 2.62. The average molecular weight is 221 g/mol. The van der Waals surface area contributed by atoms with Crippen LogP contribution in [0, 0.1) is 5.92 Å². The largest absolute Gasteiger partial charge is 0.501 e. The molecule has 0 radical (unpaired) electrons. The molecular formula is C13H19NO2. The molecular weight excluding hydrogens is 202 g/mol. The Morgan fingerprint density at radius 3 is 3.00 bits per heavy atom. The lowest BCUT2D eigenvalue weighted by molar-refractivity contribution is -0.121. The quantitative estimate of drug-likeness (QED) is 0.726. The lowest BCUT2D eigenvalue weighted by atomic mass is 9.75. The van der Waals surface area contributed by atoms with E-state index in [-0.39, 0.29) is 11.4 Å². The molecule has 1 aliphatic carbocycles. The molecule has 0 aromatic heterocycles. The van der Waals surface area contributed by atoms with Crippen LogP contribution >= 0.6 is 0 Å². The minimum atomic E-state index is -0.221. The van der Waals surface area contributed by atoms with E-state index in [0.717, 1.165) is 19.3 Å². The van der Waals surface area contributed by atoms with Crippen LogP contribution in [-0.2, 0) is 9.53 Å². The summed E-state index contributed by atoms with van der Waals surface area (Å²) in [6.07, 6.45) is 12.6. The molecule has 3 heteroatoms. The molecule has 0 aromatic rings. The molecule has 2 atom stereocenters. The molecule has 88 valence electrons. The first-order valence-corrected chi connectivity index (χ1v) is 5.98. The number of carbonyl (C=O) groups is 1. The Hall–Kier alpha value is -1.25. The molecule has 0 spiro atoms. The van der Waals surface area contributed by atoms with Crippen LogP contribution in [0.4, 0.5) is 0 Å². The maximum Gasteiger partial charge on any atom is 0.217 e. The molecule has 1 amide bonds. The SMILES string of the molecule is CC(=O)N[C@]1([C@H]2C=CCCC2)C=COCC1. The van der Waals surface area contributed by atoms with Gasteiger partial charge in [-0.15, -0.1) is 0 Å². The van der Waals surface area contributed by atoms with Gasteiger partial charge in [0.25, 0.3) is 0 Å². The van der Waals surface area contributed by atoms with Crippen molar-refractivity contribution in [3.8, 4) is 0 Å². The molecule has 2 aliphatic rings. The van der Waals surface area contributed by atoms with Crippen LogP contribution in [0.15, 0.2) is 24.5 Å². The van der Waals surface area contributed by atoms with Gasteiger partial charge in [0, 0.05) is 19.3 Å². The smallest absolute Gasteiger partial charge is 0.217 e. The summed E-state index contributed by atoms with van der Waals surface area (Å²) < 4.78 is 5.24. The van der Waals surface area contributed by atoms with Crippen molar-refractivity contribution in [3.05, 3.63) is 24.5 Å². The first kappa shape index (κ1) is 11.2. The third-order valence-electron chi connectivity index (χ3n) is 3.42. The van der Waals surface area contributed by atoms with Gasteiger partial charge in [0.2, 0.25) is 5.91 Å². The minimum absolute atomic E-state index is 0.0329. The minimum Gasteiger partial charge on any atom is -0.501 e. The van der Waals surface area contributed by atoms with E-state index in [1.807, 2.05) is 6.08 Å². The summed E-state index contributed by atoms with van der Waals surface area (Å²) in [5.74, 6) is 0.441. The Morgan fingerprint density at radius 1 is 1.56 bits per heavy atom.